The first-order chi connectivity index (χ1) is 10.2. The van der Waals surface area contributed by atoms with Crippen LogP contribution in [0.15, 0.2) is 0 Å². The second-order valence-corrected chi connectivity index (χ2v) is 7.86. The normalized spacial score (nSPS) is 19.2. The summed E-state index contributed by atoms with van der Waals surface area (Å²) in [5.74, 6) is 0.372. The number of aromatic nitrogens is 2. The van der Waals surface area contributed by atoms with Gasteiger partial charge in [-0.3, -0.25) is 4.68 Å². The molecule has 1 aliphatic heterocycles. The Hall–Kier alpha value is -0.835. The van der Waals surface area contributed by atoms with Gasteiger partial charge in [-0.25, -0.2) is 0 Å². The van der Waals surface area contributed by atoms with Crippen LogP contribution in [0.1, 0.15) is 63.4 Å². The van der Waals surface area contributed by atoms with Crippen molar-refractivity contribution in [2.45, 2.75) is 65.7 Å². The summed E-state index contributed by atoms with van der Waals surface area (Å²) in [7, 11) is 8.01. The number of aryl methyl sites for hydroxylation is 1. The molecule has 3 nitrogen and oxygen atoms in total. The molecule has 0 amide bonds. The van der Waals surface area contributed by atoms with Gasteiger partial charge in [0.05, 0.1) is 19.1 Å². The van der Waals surface area contributed by atoms with Gasteiger partial charge in [0.1, 0.15) is 4.99 Å². The maximum atomic E-state index is 6.01. The van der Waals surface area contributed by atoms with Crippen LogP contribution in [0.25, 0.3) is 0 Å². The van der Waals surface area contributed by atoms with Gasteiger partial charge < -0.3 is 4.90 Å². The van der Waals surface area contributed by atoms with Crippen molar-refractivity contribution < 1.29 is 0 Å². The molecule has 2 heterocycles. The summed E-state index contributed by atoms with van der Waals surface area (Å²) >= 11 is 5.91. The molecule has 0 bridgehead atoms. The second-order valence-electron chi connectivity index (χ2n) is 7.47. The van der Waals surface area contributed by atoms with E-state index in [1.54, 1.807) is 0 Å². The van der Waals surface area contributed by atoms with Gasteiger partial charge in [-0.05, 0) is 31.1 Å². The minimum Gasteiger partial charge on any atom is -0.359 e. The lowest BCUT2D eigenvalue weighted by Gasteiger charge is -2.39. The van der Waals surface area contributed by atoms with E-state index < -0.39 is 0 Å². The molecule has 22 heavy (non-hydrogen) atoms. The van der Waals surface area contributed by atoms with E-state index in [9.17, 15) is 0 Å². The molecule has 0 spiro atoms. The Morgan fingerprint density at radius 1 is 1.45 bits per heavy atom. The highest BCUT2D eigenvalue weighted by Gasteiger charge is 2.38. The monoisotopic (exact) mass is 317 g/mol. The molecule has 2 radical (unpaired) electrons. The van der Waals surface area contributed by atoms with E-state index >= 15 is 0 Å². The Morgan fingerprint density at radius 2 is 2.09 bits per heavy atom. The van der Waals surface area contributed by atoms with Crippen LogP contribution in [0.2, 0.25) is 6.32 Å². The predicted octanol–water partition coefficient (Wildman–Crippen LogP) is 3.60. The van der Waals surface area contributed by atoms with Crippen molar-refractivity contribution in [3.8, 4) is 0 Å². The highest BCUT2D eigenvalue weighted by atomic mass is 32.1. The third-order valence-electron chi connectivity index (χ3n) is 5.06. The maximum Gasteiger partial charge on any atom is 0.113 e. The molecule has 1 aromatic heterocycles. The SMILES string of the molecule is [B]CC(C)(C)C1CCCN1C(=S)c1c(C(C)C)nn(C)c1C. The quantitative estimate of drug-likeness (QED) is 0.625. The Balaban J connectivity index is 2.40. The van der Waals surface area contributed by atoms with Crippen LogP contribution in [0, 0.1) is 12.3 Å². The topological polar surface area (TPSA) is 21.1 Å². The Morgan fingerprint density at radius 3 is 2.64 bits per heavy atom. The van der Waals surface area contributed by atoms with Crippen molar-refractivity contribution in [2.24, 2.45) is 12.5 Å². The smallest absolute Gasteiger partial charge is 0.113 e. The Labute approximate surface area is 141 Å². The van der Waals surface area contributed by atoms with Crippen LogP contribution in [-0.4, -0.2) is 40.1 Å². The van der Waals surface area contributed by atoms with Crippen LogP contribution in [0.3, 0.4) is 0 Å². The van der Waals surface area contributed by atoms with E-state index in [2.05, 4.69) is 44.6 Å². The molecule has 0 aliphatic carbocycles. The average molecular weight is 317 g/mol. The zero-order chi connectivity index (χ0) is 16.7. The zero-order valence-corrected chi connectivity index (χ0v) is 15.6. The molecule has 1 fully saturated rings. The first kappa shape index (κ1) is 17.5. The van der Waals surface area contributed by atoms with Gasteiger partial charge in [0.2, 0.25) is 0 Å². The molecule has 1 aromatic rings. The van der Waals surface area contributed by atoms with E-state index in [-0.39, 0.29) is 5.41 Å². The molecule has 0 N–H and O–H groups in total. The largest absolute Gasteiger partial charge is 0.359 e. The third-order valence-corrected chi connectivity index (χ3v) is 5.50. The lowest BCUT2D eigenvalue weighted by molar-refractivity contribution is 0.211. The van der Waals surface area contributed by atoms with Gasteiger partial charge in [0, 0.05) is 25.3 Å². The Bertz CT molecular complexity index is 562. The summed E-state index contributed by atoms with van der Waals surface area (Å²) in [5.41, 5.74) is 3.51. The third kappa shape index (κ3) is 2.97. The molecular formula is C17H28BN3S. The maximum absolute atomic E-state index is 6.01. The van der Waals surface area contributed by atoms with Gasteiger partial charge in [0.25, 0.3) is 0 Å². The van der Waals surface area contributed by atoms with E-state index in [0.29, 0.717) is 18.3 Å². The van der Waals surface area contributed by atoms with Crippen LogP contribution < -0.4 is 0 Å². The molecular weight excluding hydrogens is 289 g/mol. The lowest BCUT2D eigenvalue weighted by Crippen LogP contribution is -2.44. The standard InChI is InChI=1S/C17H28BN3S/c1-11(2)15-14(12(3)20(6)19-15)16(22)21-9-7-8-13(21)17(4,5)10-18/h11,13H,7-10H2,1-6H3. The molecule has 5 heteroatoms. The lowest BCUT2D eigenvalue weighted by atomic mass is 9.73. The van der Waals surface area contributed by atoms with Crippen LogP contribution >= 0.6 is 12.2 Å². The van der Waals surface area contributed by atoms with E-state index in [4.69, 9.17) is 20.1 Å². The number of hydrogen-bond acceptors (Lipinski definition) is 2. The second kappa shape index (κ2) is 6.35. The van der Waals surface area contributed by atoms with Crippen molar-refractivity contribution in [1.29, 1.82) is 0 Å². The first-order valence-corrected chi connectivity index (χ1v) is 8.66. The van der Waals surface area contributed by atoms with Crippen molar-refractivity contribution in [2.75, 3.05) is 6.54 Å². The predicted molar refractivity (Wildman–Crippen MR) is 97.8 cm³/mol. The molecule has 2 rings (SSSR count). The molecule has 120 valence electrons. The Kier molecular flexibility index (Phi) is 5.05. The highest BCUT2D eigenvalue weighted by molar-refractivity contribution is 7.80. The fourth-order valence-corrected chi connectivity index (χ4v) is 3.87. The number of thiocarbonyl (C=S) groups is 1. The van der Waals surface area contributed by atoms with Crippen LogP contribution in [-0.2, 0) is 7.05 Å². The van der Waals surface area contributed by atoms with E-state index in [1.807, 2.05) is 11.7 Å². The number of rotatable bonds is 4. The van der Waals surface area contributed by atoms with Crippen molar-refractivity contribution in [3.05, 3.63) is 17.0 Å². The molecule has 1 atom stereocenters. The first-order valence-electron chi connectivity index (χ1n) is 8.25. The summed E-state index contributed by atoms with van der Waals surface area (Å²) in [4.78, 5) is 3.36. The fraction of sp³-hybridized carbons (Fsp3) is 0.765. The molecule has 0 saturated carbocycles. The molecule has 1 aliphatic rings. The van der Waals surface area contributed by atoms with Gasteiger partial charge in [-0.2, -0.15) is 5.10 Å². The van der Waals surface area contributed by atoms with Crippen LogP contribution in [0.5, 0.6) is 0 Å². The van der Waals surface area contributed by atoms with Gasteiger partial charge in [0.15, 0.2) is 0 Å². The summed E-state index contributed by atoms with van der Waals surface area (Å²) in [6, 6.07) is 0.421. The summed E-state index contributed by atoms with van der Waals surface area (Å²) in [6.07, 6.45) is 3.03. The minimum absolute atomic E-state index is 0.0780. The zero-order valence-electron chi connectivity index (χ0n) is 14.8. The summed E-state index contributed by atoms with van der Waals surface area (Å²) < 4.78 is 1.95. The van der Waals surface area contributed by atoms with E-state index in [1.165, 1.54) is 12.8 Å². The van der Waals surface area contributed by atoms with Gasteiger partial charge >= 0.3 is 0 Å². The van der Waals surface area contributed by atoms with Crippen molar-refractivity contribution >= 4 is 25.1 Å². The van der Waals surface area contributed by atoms with Crippen molar-refractivity contribution in [1.82, 2.24) is 14.7 Å². The molecule has 0 aromatic carbocycles. The van der Waals surface area contributed by atoms with Gasteiger partial charge in [-0.1, -0.05) is 46.2 Å². The number of nitrogens with zero attached hydrogens (tertiary/aromatic N) is 3. The average Bonchev–Trinajstić information content (AvgIpc) is 3.05. The summed E-state index contributed by atoms with van der Waals surface area (Å²) in [6.45, 7) is 12.0. The minimum atomic E-state index is 0.0780. The fourth-order valence-electron chi connectivity index (χ4n) is 3.40. The number of hydrogen-bond donors (Lipinski definition) is 0. The van der Waals surface area contributed by atoms with Gasteiger partial charge in [-0.15, -0.1) is 0 Å². The van der Waals surface area contributed by atoms with E-state index in [0.717, 1.165) is 28.5 Å². The van der Waals surface area contributed by atoms with Crippen LogP contribution in [0.4, 0.5) is 0 Å². The summed E-state index contributed by atoms with van der Waals surface area (Å²) in [5, 5.41) is 4.69. The molecule has 1 saturated heterocycles. The molecule has 1 unspecified atom stereocenters. The van der Waals surface area contributed by atoms with Crippen molar-refractivity contribution in [3.63, 3.8) is 0 Å². The highest BCUT2D eigenvalue weighted by Crippen LogP contribution is 2.37. The number of likely N-dealkylation sites (tertiary alicyclic amines) is 1.